The van der Waals surface area contributed by atoms with Crippen LogP contribution in [0.1, 0.15) is 37.4 Å². The molecule has 0 aliphatic heterocycles. The van der Waals surface area contributed by atoms with Gasteiger partial charge in [-0.1, -0.05) is 48.5 Å². The van der Waals surface area contributed by atoms with Gasteiger partial charge in [0.15, 0.2) is 0 Å². The second-order valence-electron chi connectivity index (χ2n) is 6.21. The van der Waals surface area contributed by atoms with Crippen LogP contribution in [0.15, 0.2) is 54.6 Å². The molecule has 0 fully saturated rings. The van der Waals surface area contributed by atoms with E-state index in [0.29, 0.717) is 11.3 Å². The van der Waals surface area contributed by atoms with Gasteiger partial charge in [0.25, 0.3) is 0 Å². The first kappa shape index (κ1) is 18.5. The summed E-state index contributed by atoms with van der Waals surface area (Å²) < 4.78 is 5.31. The maximum Gasteiger partial charge on any atom is 0.314 e. The smallest absolute Gasteiger partial charge is 0.314 e. The maximum absolute atomic E-state index is 12.5. The summed E-state index contributed by atoms with van der Waals surface area (Å²) in [5.41, 5.74) is 0.156. The van der Waals surface area contributed by atoms with E-state index in [1.165, 1.54) is 0 Å². The van der Waals surface area contributed by atoms with Crippen molar-refractivity contribution in [1.82, 2.24) is 5.32 Å². The number of carbonyl (C=O) groups excluding carboxylic acids is 1. The van der Waals surface area contributed by atoms with Crippen LogP contribution in [0, 0.1) is 0 Å². The summed E-state index contributed by atoms with van der Waals surface area (Å²) in [5.74, 6) is -0.676. The Hall–Kier alpha value is -2.82. The number of para-hydroxylation sites is 1. The third kappa shape index (κ3) is 4.18. The van der Waals surface area contributed by atoms with E-state index in [9.17, 15) is 14.7 Å². The fourth-order valence-corrected chi connectivity index (χ4v) is 2.82. The number of methoxy groups -OCH3 is 1. The van der Waals surface area contributed by atoms with Gasteiger partial charge >= 0.3 is 5.97 Å². The molecule has 2 aromatic rings. The Labute approximate surface area is 147 Å². The number of carboxylic acids is 1. The second kappa shape index (κ2) is 7.83. The van der Waals surface area contributed by atoms with Gasteiger partial charge in [-0.05, 0) is 25.5 Å². The quantitative estimate of drug-likeness (QED) is 0.810. The van der Waals surface area contributed by atoms with Crippen LogP contribution in [-0.2, 0) is 15.0 Å². The topological polar surface area (TPSA) is 75.6 Å². The summed E-state index contributed by atoms with van der Waals surface area (Å²) in [6, 6.07) is 15.9. The predicted octanol–water partition coefficient (Wildman–Crippen LogP) is 3.31. The summed E-state index contributed by atoms with van der Waals surface area (Å²) in [7, 11) is 1.57. The number of aliphatic carboxylic acids is 1. The summed E-state index contributed by atoms with van der Waals surface area (Å²) in [4.78, 5) is 24.3. The molecule has 0 spiro atoms. The third-order valence-corrected chi connectivity index (χ3v) is 4.38. The van der Waals surface area contributed by atoms with Gasteiger partial charge in [0.05, 0.1) is 18.6 Å². The van der Waals surface area contributed by atoms with Crippen molar-refractivity contribution in [3.05, 3.63) is 65.7 Å². The Balaban J connectivity index is 2.16. The minimum Gasteiger partial charge on any atom is -0.496 e. The highest BCUT2D eigenvalue weighted by molar-refractivity contribution is 5.89. The standard InChI is InChI=1S/C20H23NO4/c1-14(16-11-7-8-12-17(16)25-3)21-18(22)13-20(2,19(23)24)15-9-5-4-6-10-15/h4-12,14H,13H2,1-3H3,(H,21,22)(H,23,24)/t14-,20-/m1/s1. The number of ether oxygens (including phenoxy) is 1. The van der Waals surface area contributed by atoms with Crippen molar-refractivity contribution in [1.29, 1.82) is 0 Å². The monoisotopic (exact) mass is 341 g/mol. The maximum atomic E-state index is 12.5. The molecule has 0 radical (unpaired) electrons. The molecule has 0 aliphatic carbocycles. The van der Waals surface area contributed by atoms with E-state index in [0.717, 1.165) is 5.56 Å². The highest BCUT2D eigenvalue weighted by Gasteiger charge is 2.37. The van der Waals surface area contributed by atoms with E-state index in [1.54, 1.807) is 38.3 Å². The molecule has 2 N–H and O–H groups in total. The lowest BCUT2D eigenvalue weighted by molar-refractivity contribution is -0.145. The highest BCUT2D eigenvalue weighted by atomic mass is 16.5. The van der Waals surface area contributed by atoms with E-state index in [-0.39, 0.29) is 18.4 Å². The van der Waals surface area contributed by atoms with Gasteiger partial charge in [-0.3, -0.25) is 9.59 Å². The molecule has 0 unspecified atom stereocenters. The number of amides is 1. The second-order valence-corrected chi connectivity index (χ2v) is 6.21. The first-order valence-corrected chi connectivity index (χ1v) is 8.09. The molecule has 2 rings (SSSR count). The van der Waals surface area contributed by atoms with Crippen molar-refractivity contribution < 1.29 is 19.4 Å². The van der Waals surface area contributed by atoms with Crippen molar-refractivity contribution in [2.45, 2.75) is 31.7 Å². The average Bonchev–Trinajstić information content (AvgIpc) is 2.61. The molecule has 5 nitrogen and oxygen atoms in total. The van der Waals surface area contributed by atoms with Gasteiger partial charge in [-0.25, -0.2) is 0 Å². The molecule has 1 amide bonds. The zero-order chi connectivity index (χ0) is 18.4. The van der Waals surface area contributed by atoms with Crippen LogP contribution in [-0.4, -0.2) is 24.1 Å². The van der Waals surface area contributed by atoms with Crippen LogP contribution in [0.3, 0.4) is 0 Å². The molecule has 2 atom stereocenters. The Kier molecular flexibility index (Phi) is 5.80. The lowest BCUT2D eigenvalue weighted by Crippen LogP contribution is -2.39. The molecule has 132 valence electrons. The van der Waals surface area contributed by atoms with Crippen LogP contribution >= 0.6 is 0 Å². The first-order chi connectivity index (χ1) is 11.9. The molecule has 25 heavy (non-hydrogen) atoms. The average molecular weight is 341 g/mol. The lowest BCUT2D eigenvalue weighted by atomic mass is 9.79. The van der Waals surface area contributed by atoms with E-state index >= 15 is 0 Å². The fourth-order valence-electron chi connectivity index (χ4n) is 2.82. The number of rotatable bonds is 7. The van der Waals surface area contributed by atoms with Gasteiger partial charge in [0.2, 0.25) is 5.91 Å². The predicted molar refractivity (Wildman–Crippen MR) is 95.6 cm³/mol. The van der Waals surface area contributed by atoms with Crippen molar-refractivity contribution in [3.8, 4) is 5.75 Å². The molecule has 0 aliphatic rings. The Morgan fingerprint density at radius 1 is 1.12 bits per heavy atom. The molecule has 5 heteroatoms. The summed E-state index contributed by atoms with van der Waals surface area (Å²) >= 11 is 0. The summed E-state index contributed by atoms with van der Waals surface area (Å²) in [5, 5.41) is 12.5. The molecular formula is C20H23NO4. The highest BCUT2D eigenvalue weighted by Crippen LogP contribution is 2.29. The van der Waals surface area contributed by atoms with Crippen molar-refractivity contribution >= 4 is 11.9 Å². The number of nitrogens with one attached hydrogen (secondary N) is 1. The first-order valence-electron chi connectivity index (χ1n) is 8.09. The summed E-state index contributed by atoms with van der Waals surface area (Å²) in [6.45, 7) is 3.41. The van der Waals surface area contributed by atoms with Gasteiger partial charge < -0.3 is 15.2 Å². The fraction of sp³-hybridized carbons (Fsp3) is 0.300. The Bertz CT molecular complexity index is 744. The van der Waals surface area contributed by atoms with Crippen LogP contribution < -0.4 is 10.1 Å². The molecule has 0 heterocycles. The third-order valence-electron chi connectivity index (χ3n) is 4.38. The number of hydrogen-bond donors (Lipinski definition) is 2. The van der Waals surface area contributed by atoms with Gasteiger partial charge in [-0.2, -0.15) is 0 Å². The largest absolute Gasteiger partial charge is 0.496 e. The number of benzene rings is 2. The van der Waals surface area contributed by atoms with Crippen molar-refractivity contribution in [2.75, 3.05) is 7.11 Å². The molecule has 0 bridgehead atoms. The van der Waals surface area contributed by atoms with Crippen LogP contribution in [0.4, 0.5) is 0 Å². The normalized spacial score (nSPS) is 14.2. The Morgan fingerprint density at radius 3 is 2.32 bits per heavy atom. The SMILES string of the molecule is COc1ccccc1[C@@H](C)NC(=O)C[C@@](C)(C(=O)O)c1ccccc1. The zero-order valence-electron chi connectivity index (χ0n) is 14.7. The van der Waals surface area contributed by atoms with E-state index in [2.05, 4.69) is 5.32 Å². The number of carbonyl (C=O) groups is 2. The molecule has 0 saturated heterocycles. The Morgan fingerprint density at radius 2 is 1.72 bits per heavy atom. The van der Waals surface area contributed by atoms with Crippen molar-refractivity contribution in [3.63, 3.8) is 0 Å². The van der Waals surface area contributed by atoms with Gasteiger partial charge in [0.1, 0.15) is 5.75 Å². The number of hydrogen-bond acceptors (Lipinski definition) is 3. The number of carboxylic acid groups (broad SMARTS) is 1. The zero-order valence-corrected chi connectivity index (χ0v) is 14.7. The van der Waals surface area contributed by atoms with Crippen molar-refractivity contribution in [2.24, 2.45) is 0 Å². The molecule has 0 saturated carbocycles. The minimum absolute atomic E-state index is 0.147. The molecular weight excluding hydrogens is 318 g/mol. The molecule has 0 aromatic heterocycles. The van der Waals surface area contributed by atoms with Crippen LogP contribution in [0.5, 0.6) is 5.75 Å². The van der Waals surface area contributed by atoms with Gasteiger partial charge in [0, 0.05) is 12.0 Å². The lowest BCUT2D eigenvalue weighted by Gasteiger charge is -2.26. The van der Waals surface area contributed by atoms with E-state index in [4.69, 9.17) is 4.74 Å². The van der Waals surface area contributed by atoms with E-state index in [1.807, 2.05) is 37.3 Å². The molecule has 2 aromatic carbocycles. The van der Waals surface area contributed by atoms with Gasteiger partial charge in [-0.15, -0.1) is 0 Å². The van der Waals surface area contributed by atoms with Crippen LogP contribution in [0.2, 0.25) is 0 Å². The van der Waals surface area contributed by atoms with Crippen LogP contribution in [0.25, 0.3) is 0 Å². The summed E-state index contributed by atoms with van der Waals surface area (Å²) in [6.07, 6.45) is -0.147. The van der Waals surface area contributed by atoms with E-state index < -0.39 is 11.4 Å². The minimum atomic E-state index is -1.29.